The number of aryl methyl sites for hydroxylation is 1. The maximum Gasteiger partial charge on any atom is 0.123 e. The summed E-state index contributed by atoms with van der Waals surface area (Å²) >= 11 is 1.69. The smallest absolute Gasteiger partial charge is 0.123 e. The normalized spacial score (nSPS) is 10.9. The predicted octanol–water partition coefficient (Wildman–Crippen LogP) is 2.11. The van der Waals surface area contributed by atoms with E-state index in [1.165, 1.54) is 4.70 Å². The molecule has 1 aromatic heterocycles. The first-order valence-electron chi connectivity index (χ1n) is 4.88. The van der Waals surface area contributed by atoms with Crippen LogP contribution in [-0.4, -0.2) is 18.6 Å². The maximum atomic E-state index is 5.56. The summed E-state index contributed by atoms with van der Waals surface area (Å²) in [6.07, 6.45) is 0.829. The van der Waals surface area contributed by atoms with Gasteiger partial charge in [-0.25, -0.2) is 4.98 Å². The molecule has 0 spiro atoms. The van der Waals surface area contributed by atoms with Gasteiger partial charge in [-0.2, -0.15) is 0 Å². The van der Waals surface area contributed by atoms with Gasteiger partial charge in [-0.15, -0.1) is 11.3 Å². The van der Waals surface area contributed by atoms with Gasteiger partial charge in [0.1, 0.15) is 5.75 Å². The summed E-state index contributed by atoms with van der Waals surface area (Å²) < 4.78 is 6.51. The monoisotopic (exact) mass is 222 g/mol. The van der Waals surface area contributed by atoms with E-state index in [0.717, 1.165) is 28.3 Å². The Hall–Kier alpha value is -1.13. The number of ether oxygens (including phenoxy) is 1. The number of nitrogens with two attached hydrogens (primary N) is 1. The maximum absolute atomic E-state index is 5.56. The van der Waals surface area contributed by atoms with E-state index in [1.807, 2.05) is 13.0 Å². The molecule has 2 rings (SSSR count). The number of fused-ring (bicyclic) bond motifs is 1. The molecule has 0 aliphatic carbocycles. The Kier molecular flexibility index (Phi) is 2.88. The molecule has 0 fully saturated rings. The summed E-state index contributed by atoms with van der Waals surface area (Å²) in [7, 11) is 1.69. The number of thiazole rings is 1. The highest BCUT2D eigenvalue weighted by Gasteiger charge is 2.07. The van der Waals surface area contributed by atoms with Crippen molar-refractivity contribution in [1.82, 2.24) is 4.98 Å². The van der Waals surface area contributed by atoms with Gasteiger partial charge < -0.3 is 10.5 Å². The van der Waals surface area contributed by atoms with E-state index in [2.05, 4.69) is 11.1 Å². The molecule has 0 aliphatic heterocycles. The van der Waals surface area contributed by atoms with Gasteiger partial charge in [0.25, 0.3) is 0 Å². The second-order valence-corrected chi connectivity index (χ2v) is 4.64. The van der Waals surface area contributed by atoms with E-state index in [4.69, 9.17) is 10.5 Å². The van der Waals surface area contributed by atoms with Gasteiger partial charge >= 0.3 is 0 Å². The van der Waals surface area contributed by atoms with Crippen molar-refractivity contribution in [3.05, 3.63) is 22.7 Å². The third-order valence-electron chi connectivity index (χ3n) is 2.31. The van der Waals surface area contributed by atoms with Crippen molar-refractivity contribution in [2.24, 2.45) is 5.73 Å². The van der Waals surface area contributed by atoms with Crippen molar-refractivity contribution < 1.29 is 4.74 Å². The minimum atomic E-state index is 0.630. The number of hydrogen-bond acceptors (Lipinski definition) is 4. The van der Waals surface area contributed by atoms with E-state index in [-0.39, 0.29) is 0 Å². The minimum Gasteiger partial charge on any atom is -0.496 e. The molecule has 0 unspecified atom stereocenters. The average molecular weight is 222 g/mol. The van der Waals surface area contributed by atoms with Gasteiger partial charge in [-0.1, -0.05) is 0 Å². The van der Waals surface area contributed by atoms with Crippen LogP contribution in [0.25, 0.3) is 10.2 Å². The van der Waals surface area contributed by atoms with Crippen LogP contribution in [0, 0.1) is 6.92 Å². The molecule has 0 saturated heterocycles. The van der Waals surface area contributed by atoms with Crippen molar-refractivity contribution in [2.45, 2.75) is 13.3 Å². The number of benzene rings is 1. The molecule has 0 atom stereocenters. The average Bonchev–Trinajstić information content (AvgIpc) is 2.56. The van der Waals surface area contributed by atoms with Crippen LogP contribution in [0.4, 0.5) is 0 Å². The topological polar surface area (TPSA) is 48.1 Å². The van der Waals surface area contributed by atoms with Crippen LogP contribution < -0.4 is 10.5 Å². The molecular weight excluding hydrogens is 208 g/mol. The number of aromatic nitrogens is 1. The third kappa shape index (κ3) is 1.96. The number of methoxy groups -OCH3 is 1. The Morgan fingerprint density at radius 3 is 2.93 bits per heavy atom. The van der Waals surface area contributed by atoms with Gasteiger partial charge in [0.15, 0.2) is 0 Å². The van der Waals surface area contributed by atoms with E-state index >= 15 is 0 Å². The van der Waals surface area contributed by atoms with Gasteiger partial charge in [0.2, 0.25) is 0 Å². The predicted molar refractivity (Wildman–Crippen MR) is 63.7 cm³/mol. The lowest BCUT2D eigenvalue weighted by atomic mass is 10.1. The molecule has 0 radical (unpaired) electrons. The minimum absolute atomic E-state index is 0.630. The van der Waals surface area contributed by atoms with Crippen LogP contribution in [0.3, 0.4) is 0 Å². The zero-order valence-corrected chi connectivity index (χ0v) is 9.73. The zero-order valence-electron chi connectivity index (χ0n) is 8.91. The Balaban J connectivity index is 2.57. The van der Waals surface area contributed by atoms with Gasteiger partial charge in [-0.05, 0) is 37.6 Å². The molecular formula is C11H14N2OS. The second kappa shape index (κ2) is 4.16. The standard InChI is InChI=1S/C11H14N2OS/c1-7-13-9-5-8(3-4-12)10(14-2)6-11(9)15-7/h5-6H,3-4,12H2,1-2H3. The molecule has 2 aromatic rings. The van der Waals surface area contributed by atoms with Crippen molar-refractivity contribution in [3.8, 4) is 5.75 Å². The van der Waals surface area contributed by atoms with E-state index in [0.29, 0.717) is 6.54 Å². The van der Waals surface area contributed by atoms with Crippen LogP contribution in [0.15, 0.2) is 12.1 Å². The molecule has 1 heterocycles. The molecule has 80 valence electrons. The lowest BCUT2D eigenvalue weighted by Crippen LogP contribution is -2.04. The number of rotatable bonds is 3. The van der Waals surface area contributed by atoms with Gasteiger partial charge in [0, 0.05) is 0 Å². The van der Waals surface area contributed by atoms with Gasteiger partial charge in [-0.3, -0.25) is 0 Å². The van der Waals surface area contributed by atoms with Crippen molar-refractivity contribution in [2.75, 3.05) is 13.7 Å². The molecule has 0 aliphatic rings. The van der Waals surface area contributed by atoms with Crippen LogP contribution in [-0.2, 0) is 6.42 Å². The zero-order chi connectivity index (χ0) is 10.8. The number of hydrogen-bond donors (Lipinski definition) is 1. The molecule has 4 heteroatoms. The SMILES string of the molecule is COc1cc2sc(C)nc2cc1CCN. The summed E-state index contributed by atoms with van der Waals surface area (Å²) in [6, 6.07) is 4.12. The lowest BCUT2D eigenvalue weighted by molar-refractivity contribution is 0.410. The Morgan fingerprint density at radius 2 is 2.27 bits per heavy atom. The van der Waals surface area contributed by atoms with Crippen molar-refractivity contribution >= 4 is 21.6 Å². The Bertz CT molecular complexity index is 479. The molecule has 15 heavy (non-hydrogen) atoms. The highest BCUT2D eigenvalue weighted by molar-refractivity contribution is 7.18. The van der Waals surface area contributed by atoms with E-state index < -0.39 is 0 Å². The fourth-order valence-corrected chi connectivity index (χ4v) is 2.49. The molecule has 1 aromatic carbocycles. The summed E-state index contributed by atoms with van der Waals surface area (Å²) in [4.78, 5) is 4.45. The number of nitrogens with zero attached hydrogens (tertiary/aromatic N) is 1. The highest BCUT2D eigenvalue weighted by Crippen LogP contribution is 2.29. The second-order valence-electron chi connectivity index (χ2n) is 3.40. The first-order valence-corrected chi connectivity index (χ1v) is 5.70. The van der Waals surface area contributed by atoms with Crippen LogP contribution in [0.5, 0.6) is 5.75 Å². The molecule has 2 N–H and O–H groups in total. The first kappa shape index (κ1) is 10.4. The Labute approximate surface area is 92.9 Å². The summed E-state index contributed by atoms with van der Waals surface area (Å²) in [5.74, 6) is 0.914. The molecule has 0 saturated carbocycles. The lowest BCUT2D eigenvalue weighted by Gasteiger charge is -2.06. The molecule has 0 bridgehead atoms. The fraction of sp³-hybridized carbons (Fsp3) is 0.364. The van der Waals surface area contributed by atoms with E-state index in [1.54, 1.807) is 18.4 Å². The highest BCUT2D eigenvalue weighted by atomic mass is 32.1. The van der Waals surface area contributed by atoms with Crippen molar-refractivity contribution in [3.63, 3.8) is 0 Å². The quantitative estimate of drug-likeness (QED) is 0.865. The van der Waals surface area contributed by atoms with E-state index in [9.17, 15) is 0 Å². The third-order valence-corrected chi connectivity index (χ3v) is 3.24. The van der Waals surface area contributed by atoms with Crippen LogP contribution in [0.1, 0.15) is 10.6 Å². The molecule has 3 nitrogen and oxygen atoms in total. The van der Waals surface area contributed by atoms with Gasteiger partial charge in [0.05, 0.1) is 22.3 Å². The van der Waals surface area contributed by atoms with Crippen LogP contribution in [0.2, 0.25) is 0 Å². The Morgan fingerprint density at radius 1 is 1.47 bits per heavy atom. The summed E-state index contributed by atoms with van der Waals surface area (Å²) in [5, 5.41) is 1.08. The fourth-order valence-electron chi connectivity index (χ4n) is 1.65. The first-order chi connectivity index (χ1) is 7.24. The summed E-state index contributed by atoms with van der Waals surface area (Å²) in [5.41, 5.74) is 7.74. The molecule has 0 amide bonds. The largest absolute Gasteiger partial charge is 0.496 e. The van der Waals surface area contributed by atoms with Crippen LogP contribution >= 0.6 is 11.3 Å². The van der Waals surface area contributed by atoms with Crippen molar-refractivity contribution in [1.29, 1.82) is 0 Å². The summed E-state index contributed by atoms with van der Waals surface area (Å²) in [6.45, 7) is 2.64.